The summed E-state index contributed by atoms with van der Waals surface area (Å²) in [6.07, 6.45) is 1.08. The topological polar surface area (TPSA) is 53.6 Å². The molecule has 1 aromatic rings. The summed E-state index contributed by atoms with van der Waals surface area (Å²) in [5, 5.41) is 6.28. The van der Waals surface area contributed by atoms with Gasteiger partial charge in [-0.15, -0.1) is 12.4 Å². The lowest BCUT2D eigenvalue weighted by molar-refractivity contribution is -0.117. The van der Waals surface area contributed by atoms with Crippen LogP contribution in [0.4, 0.5) is 5.69 Å². The zero-order valence-corrected chi connectivity index (χ0v) is 13.5. The number of aryl methyl sites for hydroxylation is 1. The molecule has 1 fully saturated rings. The maximum atomic E-state index is 12.1. The van der Waals surface area contributed by atoms with E-state index in [4.69, 9.17) is 4.74 Å². The molecular formula is C15H24ClN3O2. The first-order valence-corrected chi connectivity index (χ1v) is 7.06. The van der Waals surface area contributed by atoms with Gasteiger partial charge in [-0.3, -0.25) is 9.69 Å². The van der Waals surface area contributed by atoms with Crippen LogP contribution in [-0.2, 0) is 4.79 Å². The van der Waals surface area contributed by atoms with Gasteiger partial charge in [0.15, 0.2) is 0 Å². The number of hydrogen-bond donors (Lipinski definition) is 2. The second-order valence-electron chi connectivity index (χ2n) is 5.13. The van der Waals surface area contributed by atoms with Crippen molar-refractivity contribution in [1.29, 1.82) is 0 Å². The SMILES string of the molecule is COc1ccc(C)cc1NC(=O)CN1CCCNCC1.Cl. The van der Waals surface area contributed by atoms with E-state index in [0.717, 1.165) is 43.9 Å². The molecule has 0 radical (unpaired) electrons. The molecule has 0 aliphatic carbocycles. The molecule has 0 unspecified atom stereocenters. The molecule has 1 heterocycles. The summed E-state index contributed by atoms with van der Waals surface area (Å²) in [6.45, 7) is 6.28. The predicted octanol–water partition coefficient (Wildman–Crippen LogP) is 1.66. The van der Waals surface area contributed by atoms with E-state index in [1.165, 1.54) is 0 Å². The average Bonchev–Trinajstić information content (AvgIpc) is 2.67. The fraction of sp³-hybridized carbons (Fsp3) is 0.533. The standard InChI is InChI=1S/C15H23N3O2.ClH/c1-12-4-5-14(20-2)13(10-12)17-15(19)11-18-8-3-6-16-7-9-18;/h4-5,10,16H,3,6-9,11H2,1-2H3,(H,17,19);1H. The lowest BCUT2D eigenvalue weighted by atomic mass is 10.2. The van der Waals surface area contributed by atoms with Crippen molar-refractivity contribution in [2.75, 3.05) is 45.2 Å². The largest absolute Gasteiger partial charge is 0.495 e. The molecule has 0 spiro atoms. The van der Waals surface area contributed by atoms with Gasteiger partial charge in [-0.2, -0.15) is 0 Å². The molecule has 118 valence electrons. The van der Waals surface area contributed by atoms with E-state index in [0.29, 0.717) is 12.3 Å². The van der Waals surface area contributed by atoms with Crippen molar-refractivity contribution >= 4 is 24.0 Å². The van der Waals surface area contributed by atoms with E-state index in [9.17, 15) is 4.79 Å². The molecule has 0 atom stereocenters. The van der Waals surface area contributed by atoms with Crippen LogP contribution in [0, 0.1) is 6.92 Å². The Labute approximate surface area is 132 Å². The van der Waals surface area contributed by atoms with E-state index in [1.807, 2.05) is 25.1 Å². The number of ether oxygens (including phenoxy) is 1. The van der Waals surface area contributed by atoms with Crippen LogP contribution in [0.5, 0.6) is 5.75 Å². The molecule has 1 aromatic carbocycles. The van der Waals surface area contributed by atoms with Crippen LogP contribution in [0.3, 0.4) is 0 Å². The van der Waals surface area contributed by atoms with Crippen LogP contribution in [-0.4, -0.2) is 50.6 Å². The average molecular weight is 314 g/mol. The van der Waals surface area contributed by atoms with Crippen LogP contribution in [0.2, 0.25) is 0 Å². The number of carbonyl (C=O) groups is 1. The highest BCUT2D eigenvalue weighted by molar-refractivity contribution is 5.93. The van der Waals surface area contributed by atoms with E-state index in [1.54, 1.807) is 7.11 Å². The van der Waals surface area contributed by atoms with Gasteiger partial charge in [0.05, 0.1) is 19.3 Å². The molecule has 1 amide bonds. The van der Waals surface area contributed by atoms with Crippen molar-refractivity contribution in [2.45, 2.75) is 13.3 Å². The Morgan fingerprint density at radius 3 is 2.95 bits per heavy atom. The number of amides is 1. The van der Waals surface area contributed by atoms with Gasteiger partial charge in [0.25, 0.3) is 0 Å². The minimum Gasteiger partial charge on any atom is -0.495 e. The monoisotopic (exact) mass is 313 g/mol. The molecule has 0 saturated carbocycles. The van der Waals surface area contributed by atoms with Gasteiger partial charge in [-0.05, 0) is 44.1 Å². The zero-order valence-electron chi connectivity index (χ0n) is 12.6. The van der Waals surface area contributed by atoms with Crippen LogP contribution < -0.4 is 15.4 Å². The summed E-state index contributed by atoms with van der Waals surface area (Å²) in [6, 6.07) is 5.77. The molecule has 1 saturated heterocycles. The fourth-order valence-corrected chi connectivity index (χ4v) is 2.37. The molecule has 2 rings (SSSR count). The Kier molecular flexibility index (Phi) is 7.50. The number of hydrogen-bond acceptors (Lipinski definition) is 4. The summed E-state index contributed by atoms with van der Waals surface area (Å²) in [5.41, 5.74) is 1.84. The summed E-state index contributed by atoms with van der Waals surface area (Å²) in [7, 11) is 1.61. The maximum Gasteiger partial charge on any atom is 0.238 e. The Bertz CT molecular complexity index is 460. The van der Waals surface area contributed by atoms with Crippen molar-refractivity contribution in [1.82, 2.24) is 10.2 Å². The minimum absolute atomic E-state index is 0. The predicted molar refractivity (Wildman–Crippen MR) is 87.5 cm³/mol. The number of nitrogens with one attached hydrogen (secondary N) is 2. The van der Waals surface area contributed by atoms with Gasteiger partial charge in [-0.1, -0.05) is 6.07 Å². The Hall–Kier alpha value is -1.30. The molecular weight excluding hydrogens is 290 g/mol. The first-order valence-electron chi connectivity index (χ1n) is 7.06. The van der Waals surface area contributed by atoms with Crippen LogP contribution >= 0.6 is 12.4 Å². The summed E-state index contributed by atoms with van der Waals surface area (Å²) < 4.78 is 5.27. The third-order valence-electron chi connectivity index (χ3n) is 3.43. The Morgan fingerprint density at radius 2 is 2.19 bits per heavy atom. The first kappa shape index (κ1) is 17.8. The number of anilines is 1. The van der Waals surface area contributed by atoms with Crippen molar-refractivity contribution in [3.63, 3.8) is 0 Å². The molecule has 1 aliphatic heterocycles. The van der Waals surface area contributed by atoms with Gasteiger partial charge in [0.1, 0.15) is 5.75 Å². The highest BCUT2D eigenvalue weighted by Gasteiger charge is 2.14. The molecule has 0 aromatic heterocycles. The van der Waals surface area contributed by atoms with Crippen LogP contribution in [0.1, 0.15) is 12.0 Å². The van der Waals surface area contributed by atoms with Crippen molar-refractivity contribution in [3.05, 3.63) is 23.8 Å². The lowest BCUT2D eigenvalue weighted by Gasteiger charge is -2.19. The summed E-state index contributed by atoms with van der Waals surface area (Å²) in [5.74, 6) is 0.706. The van der Waals surface area contributed by atoms with E-state index in [2.05, 4.69) is 15.5 Å². The molecule has 5 nitrogen and oxygen atoms in total. The van der Waals surface area contributed by atoms with Crippen molar-refractivity contribution < 1.29 is 9.53 Å². The third kappa shape index (κ3) is 5.53. The number of rotatable bonds is 4. The molecule has 1 aliphatic rings. The normalized spacial score (nSPS) is 15.7. The van der Waals surface area contributed by atoms with E-state index in [-0.39, 0.29) is 18.3 Å². The van der Waals surface area contributed by atoms with Crippen LogP contribution in [0.15, 0.2) is 18.2 Å². The number of benzene rings is 1. The summed E-state index contributed by atoms with van der Waals surface area (Å²) >= 11 is 0. The number of carbonyl (C=O) groups excluding carboxylic acids is 1. The second kappa shape index (κ2) is 8.87. The lowest BCUT2D eigenvalue weighted by Crippen LogP contribution is -2.35. The first-order chi connectivity index (χ1) is 9.69. The third-order valence-corrected chi connectivity index (χ3v) is 3.43. The second-order valence-corrected chi connectivity index (χ2v) is 5.13. The zero-order chi connectivity index (χ0) is 14.4. The quantitative estimate of drug-likeness (QED) is 0.887. The highest BCUT2D eigenvalue weighted by atomic mass is 35.5. The van der Waals surface area contributed by atoms with Crippen LogP contribution in [0.25, 0.3) is 0 Å². The molecule has 6 heteroatoms. The minimum atomic E-state index is 0. The van der Waals surface area contributed by atoms with Gasteiger partial charge in [0, 0.05) is 13.1 Å². The Balaban J connectivity index is 0.00000220. The number of halogens is 1. The van der Waals surface area contributed by atoms with Gasteiger partial charge < -0.3 is 15.4 Å². The molecule has 21 heavy (non-hydrogen) atoms. The molecule has 0 bridgehead atoms. The highest BCUT2D eigenvalue weighted by Crippen LogP contribution is 2.25. The van der Waals surface area contributed by atoms with Gasteiger partial charge in [-0.25, -0.2) is 0 Å². The Morgan fingerprint density at radius 1 is 1.38 bits per heavy atom. The maximum absolute atomic E-state index is 12.1. The van der Waals surface area contributed by atoms with Gasteiger partial charge >= 0.3 is 0 Å². The fourth-order valence-electron chi connectivity index (χ4n) is 2.37. The van der Waals surface area contributed by atoms with E-state index < -0.39 is 0 Å². The number of nitrogens with zero attached hydrogens (tertiary/aromatic N) is 1. The van der Waals surface area contributed by atoms with Crippen molar-refractivity contribution in [2.24, 2.45) is 0 Å². The van der Waals surface area contributed by atoms with Crippen molar-refractivity contribution in [3.8, 4) is 5.75 Å². The molecule has 2 N–H and O–H groups in total. The van der Waals surface area contributed by atoms with E-state index >= 15 is 0 Å². The van der Waals surface area contributed by atoms with Gasteiger partial charge in [0.2, 0.25) is 5.91 Å². The summed E-state index contributed by atoms with van der Waals surface area (Å²) in [4.78, 5) is 14.3. The number of methoxy groups -OCH3 is 1. The smallest absolute Gasteiger partial charge is 0.238 e.